The van der Waals surface area contributed by atoms with Gasteiger partial charge in [-0.15, -0.1) is 0 Å². The molecule has 2 heteroatoms. The summed E-state index contributed by atoms with van der Waals surface area (Å²) >= 11 is 0. The van der Waals surface area contributed by atoms with Crippen molar-refractivity contribution >= 4 is 0 Å². The summed E-state index contributed by atoms with van der Waals surface area (Å²) < 4.78 is 5.73. The molecular formula is C15H25NO. The smallest absolute Gasteiger partial charge is 0.122 e. The molecule has 0 heterocycles. The lowest BCUT2D eigenvalue weighted by atomic mass is 10.0. The van der Waals surface area contributed by atoms with Crippen LogP contribution in [0.1, 0.15) is 44.7 Å². The van der Waals surface area contributed by atoms with E-state index in [-0.39, 0.29) is 6.04 Å². The van der Waals surface area contributed by atoms with Crippen LogP contribution >= 0.6 is 0 Å². The Labute approximate surface area is 105 Å². The van der Waals surface area contributed by atoms with Crippen LogP contribution in [-0.2, 0) is 12.8 Å². The van der Waals surface area contributed by atoms with Gasteiger partial charge in [-0.25, -0.2) is 0 Å². The highest BCUT2D eigenvalue weighted by atomic mass is 16.5. The third-order valence-corrected chi connectivity index (χ3v) is 2.99. The third kappa shape index (κ3) is 4.39. The first kappa shape index (κ1) is 14.0. The molecule has 1 atom stereocenters. The van der Waals surface area contributed by atoms with Gasteiger partial charge in [-0.2, -0.15) is 0 Å². The number of aryl methyl sites for hydroxylation is 1. The van der Waals surface area contributed by atoms with Crippen LogP contribution in [0, 0.1) is 0 Å². The SMILES string of the molecule is CCCOc1ccc(CC(N)CC)cc1CC. The summed E-state index contributed by atoms with van der Waals surface area (Å²) in [7, 11) is 0. The molecule has 1 aromatic rings. The quantitative estimate of drug-likeness (QED) is 0.787. The molecule has 0 saturated carbocycles. The van der Waals surface area contributed by atoms with Crippen molar-refractivity contribution in [2.24, 2.45) is 5.73 Å². The van der Waals surface area contributed by atoms with Gasteiger partial charge < -0.3 is 10.5 Å². The first-order valence-electron chi connectivity index (χ1n) is 6.71. The van der Waals surface area contributed by atoms with Crippen LogP contribution in [-0.4, -0.2) is 12.6 Å². The minimum Gasteiger partial charge on any atom is -0.493 e. The number of ether oxygens (including phenoxy) is 1. The van der Waals surface area contributed by atoms with Crippen molar-refractivity contribution in [1.82, 2.24) is 0 Å². The first-order chi connectivity index (χ1) is 8.21. The van der Waals surface area contributed by atoms with Crippen molar-refractivity contribution in [3.05, 3.63) is 29.3 Å². The number of benzene rings is 1. The van der Waals surface area contributed by atoms with Crippen LogP contribution in [0.25, 0.3) is 0 Å². The van der Waals surface area contributed by atoms with Crippen molar-refractivity contribution in [1.29, 1.82) is 0 Å². The summed E-state index contributed by atoms with van der Waals surface area (Å²) in [6, 6.07) is 6.73. The average Bonchev–Trinajstić information content (AvgIpc) is 2.36. The zero-order valence-corrected chi connectivity index (χ0v) is 11.3. The van der Waals surface area contributed by atoms with E-state index in [0.717, 1.165) is 38.0 Å². The molecule has 2 nitrogen and oxygen atoms in total. The minimum absolute atomic E-state index is 0.266. The molecule has 1 aromatic carbocycles. The van der Waals surface area contributed by atoms with E-state index in [2.05, 4.69) is 39.0 Å². The molecule has 1 rings (SSSR count). The van der Waals surface area contributed by atoms with Gasteiger partial charge in [-0.3, -0.25) is 0 Å². The molecular weight excluding hydrogens is 210 g/mol. The van der Waals surface area contributed by atoms with E-state index < -0.39 is 0 Å². The van der Waals surface area contributed by atoms with E-state index in [1.165, 1.54) is 11.1 Å². The zero-order chi connectivity index (χ0) is 12.7. The second kappa shape index (κ2) is 7.33. The highest BCUT2D eigenvalue weighted by Crippen LogP contribution is 2.22. The van der Waals surface area contributed by atoms with Crippen molar-refractivity contribution in [2.45, 2.75) is 52.5 Å². The maximum atomic E-state index is 5.98. The molecule has 0 bridgehead atoms. The van der Waals surface area contributed by atoms with Gasteiger partial charge in [0.05, 0.1) is 6.61 Å². The number of nitrogens with two attached hydrogens (primary N) is 1. The van der Waals surface area contributed by atoms with Gasteiger partial charge >= 0.3 is 0 Å². The van der Waals surface area contributed by atoms with Gasteiger partial charge in [-0.1, -0.05) is 32.9 Å². The average molecular weight is 235 g/mol. The highest BCUT2D eigenvalue weighted by Gasteiger charge is 2.06. The Bertz CT molecular complexity index is 336. The Morgan fingerprint density at radius 2 is 2.00 bits per heavy atom. The van der Waals surface area contributed by atoms with Crippen LogP contribution in [0.5, 0.6) is 5.75 Å². The molecule has 1 unspecified atom stereocenters. The molecule has 0 aliphatic rings. The standard InChI is InChI=1S/C15H25NO/c1-4-9-17-15-8-7-12(10-13(15)5-2)11-14(16)6-3/h7-8,10,14H,4-6,9,11,16H2,1-3H3. The predicted octanol–water partition coefficient (Wildman–Crippen LogP) is 3.32. The maximum Gasteiger partial charge on any atom is 0.122 e. The molecule has 0 aliphatic carbocycles. The van der Waals surface area contributed by atoms with E-state index in [1.807, 2.05) is 0 Å². The number of hydrogen-bond donors (Lipinski definition) is 1. The van der Waals surface area contributed by atoms with Crippen molar-refractivity contribution in [2.75, 3.05) is 6.61 Å². The van der Waals surface area contributed by atoms with Crippen LogP contribution in [0.2, 0.25) is 0 Å². The van der Waals surface area contributed by atoms with Gasteiger partial charge in [0.15, 0.2) is 0 Å². The largest absolute Gasteiger partial charge is 0.493 e. The second-order valence-corrected chi connectivity index (χ2v) is 4.52. The van der Waals surface area contributed by atoms with Crippen molar-refractivity contribution < 1.29 is 4.74 Å². The molecule has 0 saturated heterocycles. The molecule has 0 fully saturated rings. The van der Waals surface area contributed by atoms with Crippen molar-refractivity contribution in [3.8, 4) is 5.75 Å². The van der Waals surface area contributed by atoms with E-state index >= 15 is 0 Å². The molecule has 0 aromatic heterocycles. The Morgan fingerprint density at radius 1 is 1.24 bits per heavy atom. The highest BCUT2D eigenvalue weighted by molar-refractivity contribution is 5.37. The van der Waals surface area contributed by atoms with Crippen LogP contribution in [0.4, 0.5) is 0 Å². The van der Waals surface area contributed by atoms with Crippen LogP contribution in [0.3, 0.4) is 0 Å². The van der Waals surface area contributed by atoms with Gasteiger partial charge in [0, 0.05) is 6.04 Å². The molecule has 96 valence electrons. The predicted molar refractivity (Wildman–Crippen MR) is 73.6 cm³/mol. The Balaban J connectivity index is 2.77. The summed E-state index contributed by atoms with van der Waals surface area (Å²) in [5, 5.41) is 0. The topological polar surface area (TPSA) is 35.2 Å². The fraction of sp³-hybridized carbons (Fsp3) is 0.600. The van der Waals surface area contributed by atoms with E-state index in [1.54, 1.807) is 0 Å². The molecule has 0 amide bonds. The molecule has 0 aliphatic heterocycles. The Morgan fingerprint density at radius 3 is 2.59 bits per heavy atom. The fourth-order valence-electron chi connectivity index (χ4n) is 1.84. The van der Waals surface area contributed by atoms with Crippen molar-refractivity contribution in [3.63, 3.8) is 0 Å². The van der Waals surface area contributed by atoms with Gasteiger partial charge in [0.1, 0.15) is 5.75 Å². The van der Waals surface area contributed by atoms with E-state index in [4.69, 9.17) is 10.5 Å². The lowest BCUT2D eigenvalue weighted by Gasteiger charge is -2.13. The summed E-state index contributed by atoms with van der Waals surface area (Å²) in [5.41, 5.74) is 8.59. The van der Waals surface area contributed by atoms with E-state index in [0.29, 0.717) is 0 Å². The number of hydrogen-bond acceptors (Lipinski definition) is 2. The van der Waals surface area contributed by atoms with Gasteiger partial charge in [-0.05, 0) is 42.9 Å². The minimum atomic E-state index is 0.266. The zero-order valence-electron chi connectivity index (χ0n) is 11.3. The van der Waals surface area contributed by atoms with Gasteiger partial charge in [0.25, 0.3) is 0 Å². The summed E-state index contributed by atoms with van der Waals surface area (Å²) in [6.45, 7) is 7.21. The Kier molecular flexibility index (Phi) is 6.06. The normalized spacial score (nSPS) is 12.5. The lowest BCUT2D eigenvalue weighted by Crippen LogP contribution is -2.21. The summed E-state index contributed by atoms with van der Waals surface area (Å²) in [5.74, 6) is 1.03. The second-order valence-electron chi connectivity index (χ2n) is 4.52. The van der Waals surface area contributed by atoms with Gasteiger partial charge in [0.2, 0.25) is 0 Å². The summed E-state index contributed by atoms with van der Waals surface area (Å²) in [4.78, 5) is 0. The monoisotopic (exact) mass is 235 g/mol. The maximum absolute atomic E-state index is 5.98. The van der Waals surface area contributed by atoms with Crippen LogP contribution in [0.15, 0.2) is 18.2 Å². The number of rotatable bonds is 7. The molecule has 2 N–H and O–H groups in total. The lowest BCUT2D eigenvalue weighted by molar-refractivity contribution is 0.314. The van der Waals surface area contributed by atoms with E-state index in [9.17, 15) is 0 Å². The molecule has 0 radical (unpaired) electrons. The first-order valence-corrected chi connectivity index (χ1v) is 6.71. The Hall–Kier alpha value is -1.02. The molecule has 17 heavy (non-hydrogen) atoms. The third-order valence-electron chi connectivity index (χ3n) is 2.99. The summed E-state index contributed by atoms with van der Waals surface area (Å²) in [6.07, 6.45) is 4.03. The molecule has 0 spiro atoms. The van der Waals surface area contributed by atoms with Crippen LogP contribution < -0.4 is 10.5 Å². The fourth-order valence-corrected chi connectivity index (χ4v) is 1.84.